The molecule has 0 heterocycles. The van der Waals surface area contributed by atoms with E-state index >= 15 is 0 Å². The Morgan fingerprint density at radius 1 is 1.08 bits per heavy atom. The Kier molecular flexibility index (Phi) is 7.77. The third-order valence-corrected chi connectivity index (χ3v) is 4.50. The molecule has 26 heavy (non-hydrogen) atoms. The van der Waals surface area contributed by atoms with E-state index < -0.39 is 0 Å². The van der Waals surface area contributed by atoms with Crippen molar-refractivity contribution < 1.29 is 0 Å². The molecule has 0 radical (unpaired) electrons. The zero-order valence-corrected chi connectivity index (χ0v) is 17.0. The molecule has 2 aromatic carbocycles. The SMILES string of the molecule is C=CCC(=NCCC)N(C(=C)c1ccc(Cl)cc1Cl)c1ccc(Cl)cc1. The maximum absolute atomic E-state index is 6.41. The molecule has 0 fully saturated rings. The fourth-order valence-corrected chi connectivity index (χ4v) is 3.13. The predicted molar refractivity (Wildman–Crippen MR) is 117 cm³/mol. The summed E-state index contributed by atoms with van der Waals surface area (Å²) in [5, 5.41) is 1.78. The summed E-state index contributed by atoms with van der Waals surface area (Å²) < 4.78 is 0. The third-order valence-electron chi connectivity index (χ3n) is 3.70. The summed E-state index contributed by atoms with van der Waals surface area (Å²) in [6.07, 6.45) is 3.38. The molecule has 0 bridgehead atoms. The van der Waals surface area contributed by atoms with Gasteiger partial charge in [0.15, 0.2) is 0 Å². The summed E-state index contributed by atoms with van der Waals surface area (Å²) in [5.41, 5.74) is 2.41. The van der Waals surface area contributed by atoms with Gasteiger partial charge in [-0.25, -0.2) is 0 Å². The number of nitrogens with zero attached hydrogens (tertiary/aromatic N) is 2. The molecule has 0 spiro atoms. The van der Waals surface area contributed by atoms with Gasteiger partial charge in [-0.1, -0.05) is 54.4 Å². The molecular formula is C21H21Cl3N2. The molecule has 0 saturated carbocycles. The molecule has 0 N–H and O–H groups in total. The number of halogens is 3. The highest BCUT2D eigenvalue weighted by Gasteiger charge is 2.19. The second kappa shape index (κ2) is 9.82. The number of amidine groups is 1. The lowest BCUT2D eigenvalue weighted by Crippen LogP contribution is -2.29. The van der Waals surface area contributed by atoms with Crippen molar-refractivity contribution in [3.8, 4) is 0 Å². The Morgan fingerprint density at radius 3 is 2.31 bits per heavy atom. The maximum atomic E-state index is 6.41. The Morgan fingerprint density at radius 2 is 1.73 bits per heavy atom. The van der Waals surface area contributed by atoms with Crippen LogP contribution in [0.15, 0.2) is 66.7 Å². The number of rotatable bonds is 7. The molecule has 0 saturated heterocycles. The number of benzene rings is 2. The first-order valence-electron chi connectivity index (χ1n) is 8.32. The van der Waals surface area contributed by atoms with Crippen molar-refractivity contribution in [2.45, 2.75) is 19.8 Å². The first-order chi connectivity index (χ1) is 12.5. The highest BCUT2D eigenvalue weighted by atomic mass is 35.5. The molecule has 0 aliphatic carbocycles. The van der Waals surface area contributed by atoms with Crippen LogP contribution < -0.4 is 4.90 Å². The van der Waals surface area contributed by atoms with E-state index in [-0.39, 0.29) is 0 Å². The average molecular weight is 408 g/mol. The molecule has 0 amide bonds. The molecule has 136 valence electrons. The molecule has 2 rings (SSSR count). The van der Waals surface area contributed by atoms with Crippen LogP contribution in [0.25, 0.3) is 5.70 Å². The highest BCUT2D eigenvalue weighted by Crippen LogP contribution is 2.32. The van der Waals surface area contributed by atoms with Gasteiger partial charge in [-0.2, -0.15) is 0 Å². The monoisotopic (exact) mass is 406 g/mol. The summed E-state index contributed by atoms with van der Waals surface area (Å²) >= 11 is 18.5. The zero-order valence-electron chi connectivity index (χ0n) is 14.7. The minimum absolute atomic E-state index is 0.537. The van der Waals surface area contributed by atoms with Crippen LogP contribution in [-0.2, 0) is 0 Å². The second-order valence-corrected chi connectivity index (χ2v) is 6.95. The fourth-order valence-electron chi connectivity index (χ4n) is 2.49. The summed E-state index contributed by atoms with van der Waals surface area (Å²) in [6.45, 7) is 10.9. The first-order valence-corrected chi connectivity index (χ1v) is 9.45. The van der Waals surface area contributed by atoms with Gasteiger partial charge in [0.2, 0.25) is 0 Å². The minimum Gasteiger partial charge on any atom is -0.299 e. The van der Waals surface area contributed by atoms with Gasteiger partial charge in [0.25, 0.3) is 0 Å². The van der Waals surface area contributed by atoms with Gasteiger partial charge in [-0.05, 0) is 48.9 Å². The Bertz CT molecular complexity index is 811. The second-order valence-electron chi connectivity index (χ2n) is 5.67. The molecule has 0 aromatic heterocycles. The van der Waals surface area contributed by atoms with E-state index in [9.17, 15) is 0 Å². The van der Waals surface area contributed by atoms with E-state index in [0.717, 1.165) is 30.1 Å². The van der Waals surface area contributed by atoms with Crippen molar-refractivity contribution >= 4 is 52.0 Å². The van der Waals surface area contributed by atoms with Crippen molar-refractivity contribution in [3.05, 3.63) is 82.3 Å². The first kappa shape index (κ1) is 20.6. The number of aliphatic imine (C=N–C) groups is 1. The van der Waals surface area contributed by atoms with Gasteiger partial charge < -0.3 is 0 Å². The lowest BCUT2D eigenvalue weighted by molar-refractivity contribution is 0.924. The van der Waals surface area contributed by atoms with Crippen molar-refractivity contribution in [1.82, 2.24) is 0 Å². The molecule has 0 aliphatic rings. The Labute approximate surface area is 170 Å². The molecule has 2 aromatic rings. The quantitative estimate of drug-likeness (QED) is 0.263. The van der Waals surface area contributed by atoms with Crippen molar-refractivity contribution in [3.63, 3.8) is 0 Å². The van der Waals surface area contributed by atoms with E-state index in [1.165, 1.54) is 0 Å². The van der Waals surface area contributed by atoms with E-state index in [1.54, 1.807) is 12.1 Å². The molecule has 2 nitrogen and oxygen atoms in total. The molecular weight excluding hydrogens is 387 g/mol. The third kappa shape index (κ3) is 5.14. The normalized spacial score (nSPS) is 11.3. The smallest absolute Gasteiger partial charge is 0.112 e. The Hall–Kier alpha value is -1.74. The standard InChI is InChI=1S/C21H21Cl3N2/c1-4-6-21(25-13-5-2)26(18-10-7-16(22)8-11-18)15(3)19-12-9-17(23)14-20(19)24/h4,7-12,14H,1,3,5-6,13H2,2H3. The van der Waals surface area contributed by atoms with Gasteiger partial charge in [0.05, 0.1) is 5.02 Å². The van der Waals surface area contributed by atoms with Gasteiger partial charge in [-0.15, -0.1) is 6.58 Å². The van der Waals surface area contributed by atoms with Crippen LogP contribution in [0.5, 0.6) is 0 Å². The van der Waals surface area contributed by atoms with Gasteiger partial charge in [0, 0.05) is 40.0 Å². The van der Waals surface area contributed by atoms with Crippen LogP contribution in [0.1, 0.15) is 25.3 Å². The lowest BCUT2D eigenvalue weighted by atomic mass is 10.1. The lowest BCUT2D eigenvalue weighted by Gasteiger charge is -2.29. The molecule has 0 atom stereocenters. The molecule has 5 heteroatoms. The largest absolute Gasteiger partial charge is 0.299 e. The molecule has 0 unspecified atom stereocenters. The fraction of sp³-hybridized carbons (Fsp3) is 0.190. The maximum Gasteiger partial charge on any atom is 0.112 e. The van der Waals surface area contributed by atoms with Gasteiger partial charge in [0.1, 0.15) is 5.84 Å². The van der Waals surface area contributed by atoms with Crippen molar-refractivity contribution in [1.29, 1.82) is 0 Å². The summed E-state index contributed by atoms with van der Waals surface area (Å²) in [6, 6.07) is 12.9. The van der Waals surface area contributed by atoms with Gasteiger partial charge in [-0.3, -0.25) is 9.89 Å². The van der Waals surface area contributed by atoms with E-state index in [0.29, 0.717) is 27.2 Å². The molecule has 0 aliphatic heterocycles. The van der Waals surface area contributed by atoms with Crippen LogP contribution in [-0.4, -0.2) is 12.4 Å². The summed E-state index contributed by atoms with van der Waals surface area (Å²) in [7, 11) is 0. The Balaban J connectivity index is 2.56. The van der Waals surface area contributed by atoms with Crippen LogP contribution in [0, 0.1) is 0 Å². The minimum atomic E-state index is 0.537. The topological polar surface area (TPSA) is 15.6 Å². The van der Waals surface area contributed by atoms with E-state index in [2.05, 4.69) is 20.1 Å². The highest BCUT2D eigenvalue weighted by molar-refractivity contribution is 6.36. The summed E-state index contributed by atoms with van der Waals surface area (Å²) in [5.74, 6) is 0.847. The number of hydrogen-bond donors (Lipinski definition) is 0. The van der Waals surface area contributed by atoms with Crippen LogP contribution in [0.4, 0.5) is 5.69 Å². The number of hydrogen-bond acceptors (Lipinski definition) is 1. The predicted octanol–water partition coefficient (Wildman–Crippen LogP) is 7.51. The van der Waals surface area contributed by atoms with E-state index in [1.807, 2.05) is 41.3 Å². The van der Waals surface area contributed by atoms with Gasteiger partial charge >= 0.3 is 0 Å². The van der Waals surface area contributed by atoms with Crippen molar-refractivity contribution in [2.24, 2.45) is 4.99 Å². The average Bonchev–Trinajstić information content (AvgIpc) is 2.61. The zero-order chi connectivity index (χ0) is 19.1. The van der Waals surface area contributed by atoms with Crippen LogP contribution in [0.2, 0.25) is 15.1 Å². The summed E-state index contributed by atoms with van der Waals surface area (Å²) in [4.78, 5) is 6.72. The van der Waals surface area contributed by atoms with Crippen molar-refractivity contribution in [2.75, 3.05) is 11.4 Å². The number of anilines is 1. The van der Waals surface area contributed by atoms with Crippen LogP contribution in [0.3, 0.4) is 0 Å². The van der Waals surface area contributed by atoms with E-state index in [4.69, 9.17) is 39.8 Å². The van der Waals surface area contributed by atoms with Crippen LogP contribution >= 0.6 is 34.8 Å².